The summed E-state index contributed by atoms with van der Waals surface area (Å²) in [7, 11) is 1.97. The van der Waals surface area contributed by atoms with E-state index < -0.39 is 0 Å². The lowest BCUT2D eigenvalue weighted by atomic mass is 10.1. The van der Waals surface area contributed by atoms with Crippen molar-refractivity contribution in [3.63, 3.8) is 0 Å². The van der Waals surface area contributed by atoms with Crippen LogP contribution in [-0.4, -0.2) is 26.3 Å². The van der Waals surface area contributed by atoms with Gasteiger partial charge in [-0.2, -0.15) is 0 Å². The Morgan fingerprint density at radius 3 is 2.84 bits per heavy atom. The second kappa shape index (κ2) is 6.16. The monoisotopic (exact) mass is 277 g/mol. The summed E-state index contributed by atoms with van der Waals surface area (Å²) in [6.07, 6.45) is 1.81. The minimum atomic E-state index is 0.274. The average Bonchev–Trinajstić information content (AvgIpc) is 2.72. The fourth-order valence-electron chi connectivity index (χ4n) is 1.80. The molecule has 0 aliphatic rings. The van der Waals surface area contributed by atoms with Crippen LogP contribution in [0.1, 0.15) is 31.3 Å². The molecule has 2 aromatic rings. The molecular weight excluding hydrogens is 258 g/mol. The predicted molar refractivity (Wildman–Crippen MR) is 76.2 cm³/mol. The Bertz CT molecular complexity index is 552. The van der Waals surface area contributed by atoms with Crippen molar-refractivity contribution in [1.82, 2.24) is 25.1 Å². The van der Waals surface area contributed by atoms with Gasteiger partial charge in [0.25, 0.3) is 0 Å². The first kappa shape index (κ1) is 14.0. The minimum Gasteiger partial charge on any atom is -0.310 e. The fourth-order valence-corrected chi connectivity index (χ4v) is 2.80. The summed E-state index contributed by atoms with van der Waals surface area (Å²) < 4.78 is 1.97. The van der Waals surface area contributed by atoms with E-state index in [0.29, 0.717) is 0 Å². The smallest absolute Gasteiger partial charge is 0.197 e. The molecule has 0 spiro atoms. The van der Waals surface area contributed by atoms with Crippen LogP contribution in [0, 0.1) is 6.92 Å². The van der Waals surface area contributed by atoms with E-state index in [0.717, 1.165) is 22.6 Å². The van der Waals surface area contributed by atoms with Crippen LogP contribution in [0.3, 0.4) is 0 Å². The molecule has 0 radical (unpaired) electrons. The quantitative estimate of drug-likeness (QED) is 0.909. The lowest BCUT2D eigenvalue weighted by Crippen LogP contribution is -2.18. The van der Waals surface area contributed by atoms with Gasteiger partial charge in [0.15, 0.2) is 5.16 Å². The zero-order valence-corrected chi connectivity index (χ0v) is 12.5. The van der Waals surface area contributed by atoms with Crippen LogP contribution in [-0.2, 0) is 7.05 Å². The molecule has 0 aliphatic carbocycles. The molecule has 0 saturated carbocycles. The van der Waals surface area contributed by atoms with Crippen LogP contribution in [0.2, 0.25) is 0 Å². The summed E-state index contributed by atoms with van der Waals surface area (Å²) in [5.41, 5.74) is 1.19. The third-order valence-electron chi connectivity index (χ3n) is 3.02. The van der Waals surface area contributed by atoms with Gasteiger partial charge in [-0.05, 0) is 38.2 Å². The molecule has 0 saturated heterocycles. The van der Waals surface area contributed by atoms with E-state index in [1.54, 1.807) is 11.8 Å². The standard InChI is InChI=1S/C13H19N5S/c1-5-14-9(2)11-7-6-8-15-12(11)19-13-17-16-10(3)18(13)4/h6-9,14H,5H2,1-4H3. The van der Waals surface area contributed by atoms with Gasteiger partial charge in [0.1, 0.15) is 10.9 Å². The van der Waals surface area contributed by atoms with Crippen LogP contribution in [0.5, 0.6) is 0 Å². The van der Waals surface area contributed by atoms with Crippen molar-refractivity contribution in [1.29, 1.82) is 0 Å². The number of pyridine rings is 1. The molecule has 1 unspecified atom stereocenters. The molecule has 2 rings (SSSR count). The van der Waals surface area contributed by atoms with E-state index in [-0.39, 0.29) is 6.04 Å². The lowest BCUT2D eigenvalue weighted by Gasteiger charge is -2.15. The number of rotatable bonds is 5. The van der Waals surface area contributed by atoms with Crippen LogP contribution in [0.4, 0.5) is 0 Å². The van der Waals surface area contributed by atoms with Crippen molar-refractivity contribution in [2.75, 3.05) is 6.54 Å². The Kier molecular flexibility index (Phi) is 4.55. The first-order chi connectivity index (χ1) is 9.13. The molecule has 2 heterocycles. The number of hydrogen-bond donors (Lipinski definition) is 1. The number of hydrogen-bond acceptors (Lipinski definition) is 5. The van der Waals surface area contributed by atoms with E-state index in [9.17, 15) is 0 Å². The van der Waals surface area contributed by atoms with Gasteiger partial charge in [-0.3, -0.25) is 0 Å². The van der Waals surface area contributed by atoms with Crippen LogP contribution < -0.4 is 5.32 Å². The number of nitrogens with zero attached hydrogens (tertiary/aromatic N) is 4. The zero-order chi connectivity index (χ0) is 13.8. The summed E-state index contributed by atoms with van der Waals surface area (Å²) in [4.78, 5) is 4.47. The van der Waals surface area contributed by atoms with E-state index in [1.807, 2.05) is 30.8 Å². The van der Waals surface area contributed by atoms with Crippen molar-refractivity contribution in [3.8, 4) is 0 Å². The third kappa shape index (κ3) is 3.13. The molecule has 0 aromatic carbocycles. The van der Waals surface area contributed by atoms with Crippen molar-refractivity contribution >= 4 is 11.8 Å². The largest absolute Gasteiger partial charge is 0.310 e. The Hall–Kier alpha value is -1.40. The molecule has 0 bridgehead atoms. The molecule has 0 amide bonds. The molecule has 102 valence electrons. The first-order valence-corrected chi connectivity index (χ1v) is 7.17. The van der Waals surface area contributed by atoms with Gasteiger partial charge < -0.3 is 9.88 Å². The van der Waals surface area contributed by atoms with Gasteiger partial charge in [0.2, 0.25) is 0 Å². The molecule has 0 aliphatic heterocycles. The Morgan fingerprint density at radius 2 is 2.21 bits per heavy atom. The summed E-state index contributed by atoms with van der Waals surface area (Å²) >= 11 is 1.55. The third-order valence-corrected chi connectivity index (χ3v) is 4.09. The van der Waals surface area contributed by atoms with E-state index in [4.69, 9.17) is 0 Å². The van der Waals surface area contributed by atoms with Gasteiger partial charge in [0.05, 0.1) is 0 Å². The van der Waals surface area contributed by atoms with Gasteiger partial charge in [-0.1, -0.05) is 13.0 Å². The Labute approximate surface area is 117 Å². The van der Waals surface area contributed by atoms with E-state index in [2.05, 4.69) is 40.4 Å². The highest BCUT2D eigenvalue weighted by Gasteiger charge is 2.14. The Balaban J connectivity index is 2.27. The molecule has 19 heavy (non-hydrogen) atoms. The maximum absolute atomic E-state index is 4.47. The number of nitrogens with one attached hydrogen (secondary N) is 1. The summed E-state index contributed by atoms with van der Waals surface area (Å²) in [5, 5.41) is 13.5. The maximum atomic E-state index is 4.47. The van der Waals surface area contributed by atoms with Gasteiger partial charge in [-0.25, -0.2) is 4.98 Å². The van der Waals surface area contributed by atoms with E-state index >= 15 is 0 Å². The molecule has 5 nitrogen and oxygen atoms in total. The number of aromatic nitrogens is 4. The number of aryl methyl sites for hydroxylation is 1. The molecule has 6 heteroatoms. The van der Waals surface area contributed by atoms with Crippen molar-refractivity contribution in [3.05, 3.63) is 29.7 Å². The van der Waals surface area contributed by atoms with Crippen LogP contribution >= 0.6 is 11.8 Å². The maximum Gasteiger partial charge on any atom is 0.197 e. The SMILES string of the molecule is CCNC(C)c1cccnc1Sc1nnc(C)n1C. The molecule has 1 N–H and O–H groups in total. The zero-order valence-electron chi connectivity index (χ0n) is 11.7. The molecule has 0 fully saturated rings. The second-order valence-electron chi connectivity index (χ2n) is 4.37. The molecule has 2 aromatic heterocycles. The highest BCUT2D eigenvalue weighted by Crippen LogP contribution is 2.30. The minimum absolute atomic E-state index is 0.274. The summed E-state index contributed by atoms with van der Waals surface area (Å²) in [6, 6.07) is 4.34. The topological polar surface area (TPSA) is 55.6 Å². The molecular formula is C13H19N5S. The van der Waals surface area contributed by atoms with Crippen molar-refractivity contribution in [2.45, 2.75) is 37.0 Å². The van der Waals surface area contributed by atoms with E-state index in [1.165, 1.54) is 5.56 Å². The first-order valence-electron chi connectivity index (χ1n) is 6.35. The normalized spacial score (nSPS) is 12.6. The van der Waals surface area contributed by atoms with Crippen molar-refractivity contribution < 1.29 is 0 Å². The van der Waals surface area contributed by atoms with Crippen LogP contribution in [0.15, 0.2) is 28.5 Å². The van der Waals surface area contributed by atoms with Gasteiger partial charge in [-0.15, -0.1) is 10.2 Å². The van der Waals surface area contributed by atoms with Crippen LogP contribution in [0.25, 0.3) is 0 Å². The molecule has 1 atom stereocenters. The van der Waals surface area contributed by atoms with Gasteiger partial charge in [0, 0.05) is 24.8 Å². The van der Waals surface area contributed by atoms with Crippen molar-refractivity contribution in [2.24, 2.45) is 7.05 Å². The second-order valence-corrected chi connectivity index (χ2v) is 5.32. The van der Waals surface area contributed by atoms with Gasteiger partial charge >= 0.3 is 0 Å². The average molecular weight is 277 g/mol. The summed E-state index contributed by atoms with van der Waals surface area (Å²) in [6.45, 7) is 7.12. The Morgan fingerprint density at radius 1 is 1.42 bits per heavy atom. The summed E-state index contributed by atoms with van der Waals surface area (Å²) in [5.74, 6) is 0.903. The highest BCUT2D eigenvalue weighted by molar-refractivity contribution is 7.99. The predicted octanol–water partition coefficient (Wildman–Crippen LogP) is 2.34. The highest BCUT2D eigenvalue weighted by atomic mass is 32.2. The lowest BCUT2D eigenvalue weighted by molar-refractivity contribution is 0.585. The fraction of sp³-hybridized carbons (Fsp3) is 0.462.